The van der Waals surface area contributed by atoms with Crippen LogP contribution in [0.3, 0.4) is 0 Å². The van der Waals surface area contributed by atoms with Gasteiger partial charge in [0.05, 0.1) is 19.2 Å². The highest BCUT2D eigenvalue weighted by atomic mass is 16.5. The van der Waals surface area contributed by atoms with Crippen LogP contribution in [-0.2, 0) is 9.53 Å². The highest BCUT2D eigenvalue weighted by Crippen LogP contribution is 2.16. The fourth-order valence-electron chi connectivity index (χ4n) is 2.74. The lowest BCUT2D eigenvalue weighted by Gasteiger charge is -2.32. The molecule has 2 heterocycles. The van der Waals surface area contributed by atoms with Crippen molar-refractivity contribution in [1.29, 1.82) is 5.26 Å². The summed E-state index contributed by atoms with van der Waals surface area (Å²) in [4.78, 5) is 16.3. The van der Waals surface area contributed by atoms with E-state index in [0.717, 1.165) is 39.0 Å². The first-order valence-electron chi connectivity index (χ1n) is 7.36. The molecule has 2 rings (SSSR count). The predicted molar refractivity (Wildman–Crippen MR) is 75.0 cm³/mol. The molecule has 20 heavy (non-hydrogen) atoms. The number of ether oxygens (including phenoxy) is 1. The van der Waals surface area contributed by atoms with E-state index in [9.17, 15) is 4.79 Å². The maximum Gasteiger partial charge on any atom is 0.250 e. The van der Waals surface area contributed by atoms with Gasteiger partial charge in [0.2, 0.25) is 5.91 Å². The standard InChI is InChI=1S/C14H24N4O2/c1-17-8-9-20-13(11-17)14(19)16-10-12-2-5-18(6-3-12)7-4-15/h12-13H,2-3,5-11H2,1H3,(H,16,19). The van der Waals surface area contributed by atoms with Crippen LogP contribution in [0, 0.1) is 17.2 Å². The summed E-state index contributed by atoms with van der Waals surface area (Å²) in [5.41, 5.74) is 0. The van der Waals surface area contributed by atoms with Crippen molar-refractivity contribution in [3.63, 3.8) is 0 Å². The molecule has 112 valence electrons. The minimum atomic E-state index is -0.326. The minimum absolute atomic E-state index is 0.0102. The summed E-state index contributed by atoms with van der Waals surface area (Å²) in [6.45, 7) is 5.34. The number of likely N-dealkylation sites (tertiary alicyclic amines) is 1. The molecule has 6 nitrogen and oxygen atoms in total. The van der Waals surface area contributed by atoms with Crippen molar-refractivity contribution in [2.75, 3.05) is 52.9 Å². The molecule has 0 radical (unpaired) electrons. The summed E-state index contributed by atoms with van der Waals surface area (Å²) in [6, 6.07) is 2.18. The Morgan fingerprint density at radius 3 is 2.80 bits per heavy atom. The van der Waals surface area contributed by atoms with E-state index in [1.54, 1.807) is 0 Å². The first-order chi connectivity index (χ1) is 9.69. The predicted octanol–water partition coefficient (Wildman–Crippen LogP) is -0.331. The number of nitrogens with one attached hydrogen (secondary N) is 1. The molecule has 2 aliphatic rings. The molecule has 0 aromatic carbocycles. The number of amides is 1. The van der Waals surface area contributed by atoms with E-state index >= 15 is 0 Å². The maximum absolute atomic E-state index is 12.0. The fraction of sp³-hybridized carbons (Fsp3) is 0.857. The Balaban J connectivity index is 1.65. The topological polar surface area (TPSA) is 68.6 Å². The molecule has 2 aliphatic heterocycles. The Morgan fingerprint density at radius 2 is 2.15 bits per heavy atom. The van der Waals surface area contributed by atoms with E-state index < -0.39 is 0 Å². The van der Waals surface area contributed by atoms with E-state index in [0.29, 0.717) is 25.6 Å². The average molecular weight is 280 g/mol. The van der Waals surface area contributed by atoms with Gasteiger partial charge < -0.3 is 15.0 Å². The molecule has 1 unspecified atom stereocenters. The molecule has 2 fully saturated rings. The number of hydrogen-bond donors (Lipinski definition) is 1. The second-order valence-corrected chi connectivity index (χ2v) is 5.74. The highest BCUT2D eigenvalue weighted by molar-refractivity contribution is 5.81. The molecule has 0 aromatic heterocycles. The zero-order valence-corrected chi connectivity index (χ0v) is 12.2. The van der Waals surface area contributed by atoms with E-state index in [-0.39, 0.29) is 12.0 Å². The summed E-state index contributed by atoms with van der Waals surface area (Å²) < 4.78 is 5.50. The van der Waals surface area contributed by atoms with Gasteiger partial charge >= 0.3 is 0 Å². The van der Waals surface area contributed by atoms with Gasteiger partial charge in [-0.1, -0.05) is 0 Å². The fourth-order valence-corrected chi connectivity index (χ4v) is 2.74. The van der Waals surface area contributed by atoms with Crippen LogP contribution in [0.25, 0.3) is 0 Å². The summed E-state index contributed by atoms with van der Waals surface area (Å²) in [7, 11) is 2.01. The number of nitrogens with zero attached hydrogens (tertiary/aromatic N) is 3. The van der Waals surface area contributed by atoms with Crippen molar-refractivity contribution in [3.05, 3.63) is 0 Å². The number of rotatable bonds is 4. The molecule has 0 spiro atoms. The lowest BCUT2D eigenvalue weighted by Crippen LogP contribution is -2.49. The third kappa shape index (κ3) is 4.44. The first kappa shape index (κ1) is 15.2. The van der Waals surface area contributed by atoms with Gasteiger partial charge in [-0.2, -0.15) is 5.26 Å². The molecule has 1 amide bonds. The molecule has 0 bridgehead atoms. The van der Waals surface area contributed by atoms with Gasteiger partial charge in [0.15, 0.2) is 0 Å². The molecule has 0 aliphatic carbocycles. The minimum Gasteiger partial charge on any atom is -0.366 e. The largest absolute Gasteiger partial charge is 0.366 e. The summed E-state index contributed by atoms with van der Waals surface area (Å²) in [6.07, 6.45) is 1.77. The SMILES string of the molecule is CN1CCOC(C(=O)NCC2CCN(CC#N)CC2)C1. The van der Waals surface area contributed by atoms with E-state index in [2.05, 4.69) is 21.2 Å². The number of nitriles is 1. The summed E-state index contributed by atoms with van der Waals surface area (Å²) in [5, 5.41) is 11.7. The van der Waals surface area contributed by atoms with Gasteiger partial charge in [-0.15, -0.1) is 0 Å². The highest BCUT2D eigenvalue weighted by Gasteiger charge is 2.26. The summed E-state index contributed by atoms with van der Waals surface area (Å²) >= 11 is 0. The Bertz CT molecular complexity index is 361. The van der Waals surface area contributed by atoms with Gasteiger partial charge in [-0.05, 0) is 38.9 Å². The molecular formula is C14H24N4O2. The number of likely N-dealkylation sites (N-methyl/N-ethyl adjacent to an activating group) is 1. The zero-order chi connectivity index (χ0) is 14.4. The van der Waals surface area contributed by atoms with Gasteiger partial charge in [-0.25, -0.2) is 0 Å². The maximum atomic E-state index is 12.0. The molecule has 0 saturated carbocycles. The lowest BCUT2D eigenvalue weighted by molar-refractivity contribution is -0.138. The second-order valence-electron chi connectivity index (χ2n) is 5.74. The van der Waals surface area contributed by atoms with Crippen molar-refractivity contribution < 1.29 is 9.53 Å². The molecule has 0 aromatic rings. The second kappa shape index (κ2) is 7.58. The quantitative estimate of drug-likeness (QED) is 0.714. The van der Waals surface area contributed by atoms with Crippen LogP contribution in [0.2, 0.25) is 0 Å². The lowest BCUT2D eigenvalue weighted by atomic mass is 9.97. The Kier molecular flexibility index (Phi) is 5.77. The van der Waals surface area contributed by atoms with Crippen LogP contribution in [0.4, 0.5) is 0 Å². The Hall–Kier alpha value is -1.16. The van der Waals surface area contributed by atoms with Crippen LogP contribution in [0.5, 0.6) is 0 Å². The Morgan fingerprint density at radius 1 is 1.40 bits per heavy atom. The monoisotopic (exact) mass is 280 g/mol. The van der Waals surface area contributed by atoms with Crippen LogP contribution in [0.15, 0.2) is 0 Å². The number of carbonyl (C=O) groups excluding carboxylic acids is 1. The molecular weight excluding hydrogens is 256 g/mol. The van der Waals surface area contributed by atoms with Gasteiger partial charge in [0.1, 0.15) is 6.10 Å². The van der Waals surface area contributed by atoms with Crippen LogP contribution >= 0.6 is 0 Å². The smallest absolute Gasteiger partial charge is 0.250 e. The van der Waals surface area contributed by atoms with Gasteiger partial charge in [0.25, 0.3) is 0 Å². The van der Waals surface area contributed by atoms with E-state index in [4.69, 9.17) is 10.00 Å². The molecule has 6 heteroatoms. The molecule has 1 atom stereocenters. The van der Waals surface area contributed by atoms with Crippen LogP contribution < -0.4 is 5.32 Å². The average Bonchev–Trinajstić information content (AvgIpc) is 2.46. The van der Waals surface area contributed by atoms with Crippen molar-refractivity contribution in [1.82, 2.24) is 15.1 Å². The number of hydrogen-bond acceptors (Lipinski definition) is 5. The van der Waals surface area contributed by atoms with E-state index in [1.807, 2.05) is 7.05 Å². The van der Waals surface area contributed by atoms with Crippen LogP contribution in [0.1, 0.15) is 12.8 Å². The third-order valence-corrected chi connectivity index (χ3v) is 4.13. The van der Waals surface area contributed by atoms with Gasteiger partial charge in [-0.3, -0.25) is 9.69 Å². The van der Waals surface area contributed by atoms with Crippen LogP contribution in [-0.4, -0.2) is 74.7 Å². The Labute approximate surface area is 120 Å². The zero-order valence-electron chi connectivity index (χ0n) is 12.2. The molecule has 1 N–H and O–H groups in total. The van der Waals surface area contributed by atoms with Crippen molar-refractivity contribution >= 4 is 5.91 Å². The normalized spacial score (nSPS) is 26.1. The van der Waals surface area contributed by atoms with Crippen molar-refractivity contribution in [3.8, 4) is 6.07 Å². The van der Waals surface area contributed by atoms with E-state index in [1.165, 1.54) is 0 Å². The number of morpholine rings is 1. The third-order valence-electron chi connectivity index (χ3n) is 4.13. The number of carbonyl (C=O) groups is 1. The number of piperidine rings is 1. The first-order valence-corrected chi connectivity index (χ1v) is 7.36. The molecule has 2 saturated heterocycles. The van der Waals surface area contributed by atoms with Gasteiger partial charge in [0, 0.05) is 19.6 Å². The van der Waals surface area contributed by atoms with Crippen molar-refractivity contribution in [2.24, 2.45) is 5.92 Å². The van der Waals surface area contributed by atoms with Crippen molar-refractivity contribution in [2.45, 2.75) is 18.9 Å². The summed E-state index contributed by atoms with van der Waals surface area (Å²) in [5.74, 6) is 0.534.